The molecule has 24 heavy (non-hydrogen) atoms. The van der Waals surface area contributed by atoms with E-state index in [0.717, 1.165) is 23.4 Å². The third kappa shape index (κ3) is 3.99. The van der Waals surface area contributed by atoms with Crippen molar-refractivity contribution >= 4 is 10.0 Å². The number of rotatable bonds is 6. The number of hydrogen-bond acceptors (Lipinski definition) is 5. The van der Waals surface area contributed by atoms with E-state index in [1.807, 2.05) is 18.2 Å². The molecule has 8 heteroatoms. The van der Waals surface area contributed by atoms with Crippen molar-refractivity contribution in [1.29, 1.82) is 0 Å². The molecule has 0 N–H and O–H groups in total. The summed E-state index contributed by atoms with van der Waals surface area (Å²) in [7, 11) is -3.51. The van der Waals surface area contributed by atoms with Gasteiger partial charge in [0.25, 0.3) is 0 Å². The van der Waals surface area contributed by atoms with Crippen LogP contribution in [-0.2, 0) is 22.9 Å². The molecule has 2 heterocycles. The molecule has 0 spiro atoms. The van der Waals surface area contributed by atoms with Crippen LogP contribution in [0.2, 0.25) is 0 Å². The Balaban J connectivity index is 1.62. The Morgan fingerprint density at radius 1 is 1.29 bits per heavy atom. The second-order valence-corrected chi connectivity index (χ2v) is 8.00. The van der Waals surface area contributed by atoms with Crippen molar-refractivity contribution in [2.24, 2.45) is 0 Å². The van der Waals surface area contributed by atoms with Crippen LogP contribution in [0, 0.1) is 0 Å². The van der Waals surface area contributed by atoms with Crippen molar-refractivity contribution in [3.05, 3.63) is 47.6 Å². The molecule has 130 valence electrons. The zero-order chi connectivity index (χ0) is 17.2. The predicted molar refractivity (Wildman–Crippen MR) is 86.6 cm³/mol. The van der Waals surface area contributed by atoms with Gasteiger partial charge >= 0.3 is 0 Å². The summed E-state index contributed by atoms with van der Waals surface area (Å²) >= 11 is 0. The average molecular weight is 353 g/mol. The van der Waals surface area contributed by atoms with Crippen LogP contribution in [0.1, 0.15) is 36.2 Å². The molecule has 2 atom stereocenters. The van der Waals surface area contributed by atoms with Gasteiger partial charge in [0.05, 0.1) is 6.26 Å². The fraction of sp³-hybridized carbons (Fsp3) is 0.500. The van der Waals surface area contributed by atoms with E-state index in [4.69, 9.17) is 4.52 Å². The Bertz CT molecular complexity index is 779. The van der Waals surface area contributed by atoms with E-state index in [0.29, 0.717) is 12.2 Å². The number of nitrogens with zero attached hydrogens (tertiary/aromatic N) is 3. The maximum absolute atomic E-state index is 13.6. The van der Waals surface area contributed by atoms with E-state index < -0.39 is 22.2 Å². The monoisotopic (exact) mass is 353 g/mol. The highest BCUT2D eigenvalue weighted by Gasteiger charge is 2.41. The number of aryl methyl sites for hydroxylation is 2. The first kappa shape index (κ1) is 17.0. The van der Waals surface area contributed by atoms with Crippen molar-refractivity contribution < 1.29 is 17.3 Å². The van der Waals surface area contributed by atoms with Crippen LogP contribution in [0.3, 0.4) is 0 Å². The highest BCUT2D eigenvalue weighted by atomic mass is 32.2. The Kier molecular flexibility index (Phi) is 4.96. The maximum atomic E-state index is 13.6. The number of hydrogen-bond donors (Lipinski definition) is 0. The molecule has 0 aliphatic carbocycles. The first-order valence-electron chi connectivity index (χ1n) is 7.91. The number of alkyl halides is 1. The third-order valence-corrected chi connectivity index (χ3v) is 5.36. The zero-order valence-electron chi connectivity index (χ0n) is 13.4. The van der Waals surface area contributed by atoms with E-state index >= 15 is 0 Å². The molecular formula is C16H20FN3O3S. The molecule has 0 bridgehead atoms. The van der Waals surface area contributed by atoms with Crippen molar-refractivity contribution in [2.75, 3.05) is 12.8 Å². The smallest absolute Gasteiger partial charge is 0.245 e. The lowest BCUT2D eigenvalue weighted by Gasteiger charge is -2.17. The summed E-state index contributed by atoms with van der Waals surface area (Å²) in [6, 6.07) is 9.38. The van der Waals surface area contributed by atoms with Crippen LogP contribution in [0.4, 0.5) is 4.39 Å². The summed E-state index contributed by atoms with van der Waals surface area (Å²) in [5.74, 6) is 0.701. The molecule has 0 saturated carbocycles. The van der Waals surface area contributed by atoms with Crippen LogP contribution < -0.4 is 0 Å². The van der Waals surface area contributed by atoms with Crippen LogP contribution in [0.5, 0.6) is 0 Å². The lowest BCUT2D eigenvalue weighted by molar-refractivity contribution is 0.290. The quantitative estimate of drug-likeness (QED) is 0.796. The van der Waals surface area contributed by atoms with Gasteiger partial charge in [-0.05, 0) is 18.4 Å². The molecule has 0 radical (unpaired) electrons. The first-order valence-corrected chi connectivity index (χ1v) is 9.75. The number of benzene rings is 1. The topological polar surface area (TPSA) is 76.3 Å². The fourth-order valence-corrected chi connectivity index (χ4v) is 4.02. The Labute approximate surface area is 140 Å². The SMILES string of the molecule is CS(=O)(=O)N1C[C@H](F)C[C@H]1c1nc(CCCc2ccccc2)no1. The molecule has 1 saturated heterocycles. The molecule has 0 amide bonds. The third-order valence-electron chi connectivity index (χ3n) is 4.11. The Hall–Kier alpha value is -1.80. The lowest BCUT2D eigenvalue weighted by atomic mass is 10.1. The second kappa shape index (κ2) is 6.98. The van der Waals surface area contributed by atoms with Gasteiger partial charge in [0.2, 0.25) is 15.9 Å². The molecule has 3 rings (SSSR count). The van der Waals surface area contributed by atoms with Crippen molar-refractivity contribution in [2.45, 2.75) is 37.9 Å². The lowest BCUT2D eigenvalue weighted by Crippen LogP contribution is -2.30. The minimum atomic E-state index is -3.51. The van der Waals surface area contributed by atoms with Crippen LogP contribution >= 0.6 is 0 Å². The molecular weight excluding hydrogens is 333 g/mol. The molecule has 1 aromatic heterocycles. The Morgan fingerprint density at radius 2 is 2.04 bits per heavy atom. The fourth-order valence-electron chi connectivity index (χ4n) is 2.95. The average Bonchev–Trinajstić information content (AvgIpc) is 3.14. The summed E-state index contributed by atoms with van der Waals surface area (Å²) in [5, 5.41) is 3.90. The molecule has 1 aliphatic rings. The highest BCUT2D eigenvalue weighted by Crippen LogP contribution is 2.34. The molecule has 1 aromatic carbocycles. The molecule has 1 aliphatic heterocycles. The summed E-state index contributed by atoms with van der Waals surface area (Å²) < 4.78 is 43.5. The van der Waals surface area contributed by atoms with Gasteiger partial charge in [-0.1, -0.05) is 35.5 Å². The zero-order valence-corrected chi connectivity index (χ0v) is 14.2. The summed E-state index contributed by atoms with van der Waals surface area (Å²) in [4.78, 5) is 4.27. The van der Waals surface area contributed by atoms with Gasteiger partial charge in [0.1, 0.15) is 12.2 Å². The molecule has 6 nitrogen and oxygen atoms in total. The number of aromatic nitrogens is 2. The Morgan fingerprint density at radius 3 is 2.75 bits per heavy atom. The van der Waals surface area contributed by atoms with E-state index in [1.165, 1.54) is 5.56 Å². The van der Waals surface area contributed by atoms with Crippen LogP contribution in [-0.4, -0.2) is 41.8 Å². The van der Waals surface area contributed by atoms with Crippen LogP contribution in [0.15, 0.2) is 34.9 Å². The second-order valence-electron chi connectivity index (χ2n) is 6.07. The number of halogens is 1. The van der Waals surface area contributed by atoms with Gasteiger partial charge in [-0.15, -0.1) is 0 Å². The van der Waals surface area contributed by atoms with Gasteiger partial charge in [-0.3, -0.25) is 0 Å². The van der Waals surface area contributed by atoms with Crippen molar-refractivity contribution in [3.8, 4) is 0 Å². The molecule has 1 fully saturated rings. The normalized spacial score (nSPS) is 22.1. The van der Waals surface area contributed by atoms with Gasteiger partial charge < -0.3 is 4.52 Å². The van der Waals surface area contributed by atoms with Crippen molar-refractivity contribution in [1.82, 2.24) is 14.4 Å². The standard InChI is InChI=1S/C16H20FN3O3S/c1-24(21,22)20-11-13(17)10-14(20)16-18-15(19-23-16)9-5-8-12-6-3-2-4-7-12/h2-4,6-7,13-14H,5,8-11H2,1H3/t13-,14+/m1/s1. The van der Waals surface area contributed by atoms with Gasteiger partial charge in [0.15, 0.2) is 5.82 Å². The first-order chi connectivity index (χ1) is 11.4. The number of sulfonamides is 1. The van der Waals surface area contributed by atoms with Crippen molar-refractivity contribution in [3.63, 3.8) is 0 Å². The largest absolute Gasteiger partial charge is 0.338 e. The van der Waals surface area contributed by atoms with E-state index in [-0.39, 0.29) is 18.9 Å². The predicted octanol–water partition coefficient (Wildman–Crippen LogP) is 2.29. The minimum absolute atomic E-state index is 0.0543. The highest BCUT2D eigenvalue weighted by molar-refractivity contribution is 7.88. The summed E-state index contributed by atoms with van der Waals surface area (Å²) in [6.07, 6.45) is 2.29. The van der Waals surface area contributed by atoms with E-state index in [9.17, 15) is 12.8 Å². The molecule has 0 unspecified atom stereocenters. The van der Waals surface area contributed by atoms with Gasteiger partial charge in [0, 0.05) is 19.4 Å². The minimum Gasteiger partial charge on any atom is -0.338 e. The summed E-state index contributed by atoms with van der Waals surface area (Å²) in [5.41, 5.74) is 1.24. The van der Waals surface area contributed by atoms with E-state index in [2.05, 4.69) is 22.3 Å². The summed E-state index contributed by atoms with van der Waals surface area (Å²) in [6.45, 7) is -0.158. The molecule has 2 aromatic rings. The van der Waals surface area contributed by atoms with Gasteiger partial charge in [-0.2, -0.15) is 9.29 Å². The van der Waals surface area contributed by atoms with E-state index in [1.54, 1.807) is 0 Å². The van der Waals surface area contributed by atoms with Gasteiger partial charge in [-0.25, -0.2) is 12.8 Å². The van der Waals surface area contributed by atoms with Crippen LogP contribution in [0.25, 0.3) is 0 Å². The maximum Gasteiger partial charge on any atom is 0.245 e.